The van der Waals surface area contributed by atoms with Gasteiger partial charge >= 0.3 is 0 Å². The molecule has 1 spiro atoms. The van der Waals surface area contributed by atoms with E-state index in [2.05, 4.69) is 30.9 Å². The summed E-state index contributed by atoms with van der Waals surface area (Å²) < 4.78 is 0. The van der Waals surface area contributed by atoms with Gasteiger partial charge in [0.05, 0.1) is 0 Å². The smallest absolute Gasteiger partial charge is 0.193 e. The third-order valence-corrected chi connectivity index (χ3v) is 3.08. The van der Waals surface area contributed by atoms with Crippen LogP contribution in [0.4, 0.5) is 0 Å². The lowest BCUT2D eigenvalue weighted by atomic mass is 9.92. The molecule has 0 aliphatic heterocycles. The van der Waals surface area contributed by atoms with Crippen LogP contribution in [-0.4, -0.2) is 6.29 Å². The molecule has 2 unspecified atom stereocenters. The highest BCUT2D eigenvalue weighted by Crippen LogP contribution is 2.57. The first kappa shape index (κ1) is 8.31. The zero-order chi connectivity index (χ0) is 9.31. The predicted octanol–water partition coefficient (Wildman–Crippen LogP) is 2.10. The quantitative estimate of drug-likeness (QED) is 0.404. The van der Waals surface area contributed by atoms with E-state index in [0.717, 1.165) is 17.9 Å². The van der Waals surface area contributed by atoms with Gasteiger partial charge in [-0.05, 0) is 30.1 Å². The van der Waals surface area contributed by atoms with Crippen LogP contribution in [0.1, 0.15) is 19.8 Å². The van der Waals surface area contributed by atoms with Crippen molar-refractivity contribution >= 4 is 6.29 Å². The van der Waals surface area contributed by atoms with Crippen LogP contribution in [0.3, 0.4) is 0 Å². The van der Waals surface area contributed by atoms with Crippen molar-refractivity contribution in [3.05, 3.63) is 23.8 Å². The molecule has 0 bridgehead atoms. The summed E-state index contributed by atoms with van der Waals surface area (Å²) in [5.41, 5.74) is 1.43. The van der Waals surface area contributed by atoms with E-state index < -0.39 is 0 Å². The standard InChI is InChI=1S/C12H12O/c1-10-9-12(10)6-4-11(5-7-12)3-2-8-13/h4-6,8,10H,7,9H2,1H3. The van der Waals surface area contributed by atoms with E-state index in [1.807, 2.05) is 6.08 Å². The molecule has 2 rings (SSSR count). The van der Waals surface area contributed by atoms with Crippen LogP contribution in [0.25, 0.3) is 0 Å². The lowest BCUT2D eigenvalue weighted by Gasteiger charge is -2.12. The van der Waals surface area contributed by atoms with E-state index in [1.54, 1.807) is 0 Å². The molecule has 0 saturated heterocycles. The third kappa shape index (κ3) is 1.45. The van der Waals surface area contributed by atoms with Gasteiger partial charge in [-0.15, -0.1) is 0 Å². The summed E-state index contributed by atoms with van der Waals surface area (Å²) >= 11 is 0. The van der Waals surface area contributed by atoms with Gasteiger partial charge in [0, 0.05) is 5.57 Å². The van der Waals surface area contributed by atoms with Crippen LogP contribution in [-0.2, 0) is 4.79 Å². The lowest BCUT2D eigenvalue weighted by molar-refractivity contribution is -0.103. The molecule has 0 aromatic carbocycles. The minimum Gasteiger partial charge on any atom is -0.289 e. The summed E-state index contributed by atoms with van der Waals surface area (Å²) in [5.74, 6) is 6.05. The Labute approximate surface area is 78.5 Å². The minimum absolute atomic E-state index is 0.451. The second-order valence-electron chi connectivity index (χ2n) is 3.92. The van der Waals surface area contributed by atoms with Crippen molar-refractivity contribution in [1.82, 2.24) is 0 Å². The molecule has 13 heavy (non-hydrogen) atoms. The van der Waals surface area contributed by atoms with E-state index in [9.17, 15) is 4.79 Å². The van der Waals surface area contributed by atoms with Crippen molar-refractivity contribution in [1.29, 1.82) is 0 Å². The molecule has 1 nitrogen and oxygen atoms in total. The van der Waals surface area contributed by atoms with Crippen LogP contribution in [0.2, 0.25) is 0 Å². The van der Waals surface area contributed by atoms with Crippen molar-refractivity contribution in [3.8, 4) is 11.8 Å². The first-order valence-corrected chi connectivity index (χ1v) is 4.61. The summed E-state index contributed by atoms with van der Waals surface area (Å²) in [5, 5.41) is 0. The third-order valence-electron chi connectivity index (χ3n) is 3.08. The van der Waals surface area contributed by atoms with Gasteiger partial charge in [0.15, 0.2) is 6.29 Å². The van der Waals surface area contributed by atoms with E-state index in [4.69, 9.17) is 0 Å². The Kier molecular flexibility index (Phi) is 1.84. The number of allylic oxidation sites excluding steroid dienone is 4. The van der Waals surface area contributed by atoms with Gasteiger partial charge in [0.2, 0.25) is 0 Å². The number of carbonyl (C=O) groups is 1. The highest BCUT2D eigenvalue weighted by molar-refractivity contribution is 5.74. The topological polar surface area (TPSA) is 17.1 Å². The number of hydrogen-bond acceptors (Lipinski definition) is 1. The van der Waals surface area contributed by atoms with Crippen molar-refractivity contribution in [2.75, 3.05) is 0 Å². The van der Waals surface area contributed by atoms with E-state index in [-0.39, 0.29) is 0 Å². The van der Waals surface area contributed by atoms with Gasteiger partial charge < -0.3 is 0 Å². The Hall–Kier alpha value is -1.29. The lowest BCUT2D eigenvalue weighted by Crippen LogP contribution is -2.01. The summed E-state index contributed by atoms with van der Waals surface area (Å²) in [6.45, 7) is 2.28. The zero-order valence-electron chi connectivity index (χ0n) is 7.71. The van der Waals surface area contributed by atoms with E-state index >= 15 is 0 Å². The normalized spacial score (nSPS) is 34.8. The van der Waals surface area contributed by atoms with Gasteiger partial charge in [-0.25, -0.2) is 0 Å². The summed E-state index contributed by atoms with van der Waals surface area (Å²) in [7, 11) is 0. The van der Waals surface area contributed by atoms with Crippen molar-refractivity contribution in [3.63, 3.8) is 0 Å². The summed E-state index contributed by atoms with van der Waals surface area (Å²) in [6.07, 6.45) is 9.47. The molecule has 2 aliphatic carbocycles. The minimum atomic E-state index is 0.451. The Morgan fingerprint density at radius 2 is 2.46 bits per heavy atom. The Bertz CT molecular complexity index is 351. The molecular formula is C12H12O. The SMILES string of the molecule is CC1CC12C=CC(C#CC=O)=CC2. The molecule has 0 amide bonds. The average Bonchev–Trinajstić information content (AvgIpc) is 2.76. The molecule has 2 aliphatic rings. The highest BCUT2D eigenvalue weighted by Gasteiger charge is 2.48. The molecular weight excluding hydrogens is 160 g/mol. The van der Waals surface area contributed by atoms with Gasteiger partial charge in [-0.1, -0.05) is 31.1 Å². The molecule has 1 saturated carbocycles. The number of rotatable bonds is 0. The molecule has 0 radical (unpaired) electrons. The van der Waals surface area contributed by atoms with Gasteiger partial charge in [-0.3, -0.25) is 4.79 Å². The van der Waals surface area contributed by atoms with Gasteiger partial charge in [0.25, 0.3) is 0 Å². The Balaban J connectivity index is 2.07. The van der Waals surface area contributed by atoms with E-state index in [0.29, 0.717) is 11.7 Å². The molecule has 1 heteroatoms. The number of carbonyl (C=O) groups excluding carboxylic acids is 1. The van der Waals surface area contributed by atoms with Crippen LogP contribution in [0.5, 0.6) is 0 Å². The molecule has 0 aromatic rings. The maximum Gasteiger partial charge on any atom is 0.193 e. The monoisotopic (exact) mass is 172 g/mol. The molecule has 66 valence electrons. The maximum absolute atomic E-state index is 10.0. The summed E-state index contributed by atoms with van der Waals surface area (Å²) in [4.78, 5) is 10.0. The zero-order valence-corrected chi connectivity index (χ0v) is 7.71. The van der Waals surface area contributed by atoms with Crippen molar-refractivity contribution < 1.29 is 4.79 Å². The van der Waals surface area contributed by atoms with Crippen LogP contribution < -0.4 is 0 Å². The summed E-state index contributed by atoms with van der Waals surface area (Å²) in [6, 6.07) is 0. The fourth-order valence-corrected chi connectivity index (χ4v) is 1.93. The molecule has 2 atom stereocenters. The molecule has 1 fully saturated rings. The van der Waals surface area contributed by atoms with Gasteiger partial charge in [-0.2, -0.15) is 0 Å². The Morgan fingerprint density at radius 1 is 1.69 bits per heavy atom. The molecule has 0 heterocycles. The fraction of sp³-hybridized carbons (Fsp3) is 0.417. The molecule has 0 N–H and O–H groups in total. The van der Waals surface area contributed by atoms with E-state index in [1.165, 1.54) is 6.42 Å². The molecule has 0 aromatic heterocycles. The second kappa shape index (κ2) is 2.88. The second-order valence-corrected chi connectivity index (χ2v) is 3.92. The number of hydrogen-bond donors (Lipinski definition) is 0. The first-order chi connectivity index (χ1) is 6.27. The highest BCUT2D eigenvalue weighted by atomic mass is 16.1. The van der Waals surface area contributed by atoms with Crippen molar-refractivity contribution in [2.45, 2.75) is 19.8 Å². The maximum atomic E-state index is 10.0. The largest absolute Gasteiger partial charge is 0.289 e. The van der Waals surface area contributed by atoms with Crippen molar-refractivity contribution in [2.24, 2.45) is 11.3 Å². The van der Waals surface area contributed by atoms with Crippen LogP contribution >= 0.6 is 0 Å². The fourth-order valence-electron chi connectivity index (χ4n) is 1.93. The van der Waals surface area contributed by atoms with Gasteiger partial charge in [0.1, 0.15) is 0 Å². The number of aldehydes is 1. The first-order valence-electron chi connectivity index (χ1n) is 4.61. The average molecular weight is 172 g/mol. The predicted molar refractivity (Wildman–Crippen MR) is 51.9 cm³/mol. The Morgan fingerprint density at radius 3 is 2.92 bits per heavy atom. The van der Waals surface area contributed by atoms with Crippen LogP contribution in [0.15, 0.2) is 23.8 Å². The van der Waals surface area contributed by atoms with Crippen LogP contribution in [0, 0.1) is 23.2 Å².